The van der Waals surface area contributed by atoms with E-state index in [-0.39, 0.29) is 22.5 Å². The minimum Gasteiger partial charge on any atom is -0.344 e. The number of carbonyl (C=O) groups is 4. The third-order valence-corrected chi connectivity index (χ3v) is 6.76. The van der Waals surface area contributed by atoms with Crippen LogP contribution >= 0.6 is 11.3 Å². The minimum atomic E-state index is -0.821. The summed E-state index contributed by atoms with van der Waals surface area (Å²) in [4.78, 5) is 53.9. The Morgan fingerprint density at radius 3 is 2.57 bits per heavy atom. The number of anilines is 2. The molecule has 0 bridgehead atoms. The van der Waals surface area contributed by atoms with Gasteiger partial charge in [0.05, 0.1) is 5.69 Å². The Labute approximate surface area is 220 Å². The van der Waals surface area contributed by atoms with Gasteiger partial charge in [-0.25, -0.2) is 9.37 Å². The Bertz CT molecular complexity index is 1190. The van der Waals surface area contributed by atoms with Gasteiger partial charge >= 0.3 is 0 Å². The second kappa shape index (κ2) is 11.8. The number of carbonyl (C=O) groups excluding carboxylic acids is 4. The molecular formula is C26H34FN5O4S. The van der Waals surface area contributed by atoms with Crippen LogP contribution in [0.15, 0.2) is 17.5 Å². The molecule has 2 atom stereocenters. The van der Waals surface area contributed by atoms with Gasteiger partial charge in [0, 0.05) is 28.5 Å². The molecule has 4 amide bonds. The van der Waals surface area contributed by atoms with Crippen LogP contribution in [0.3, 0.4) is 0 Å². The van der Waals surface area contributed by atoms with Gasteiger partial charge in [0.15, 0.2) is 5.13 Å². The molecule has 0 fully saturated rings. The first kappa shape index (κ1) is 28.2. The highest BCUT2D eigenvalue weighted by Gasteiger charge is 2.28. The Kier molecular flexibility index (Phi) is 9.01. The number of amides is 4. The Hall–Kier alpha value is -3.34. The monoisotopic (exact) mass is 531 g/mol. The normalized spacial score (nSPS) is 14.7. The van der Waals surface area contributed by atoms with E-state index in [1.54, 1.807) is 39.1 Å². The van der Waals surface area contributed by atoms with Crippen molar-refractivity contribution in [1.29, 1.82) is 0 Å². The lowest BCUT2D eigenvalue weighted by molar-refractivity contribution is -0.134. The number of nitrogens with zero attached hydrogens (tertiary/aromatic N) is 1. The van der Waals surface area contributed by atoms with E-state index in [2.05, 4.69) is 26.3 Å². The summed E-state index contributed by atoms with van der Waals surface area (Å²) in [6.07, 6.45) is 2.79. The summed E-state index contributed by atoms with van der Waals surface area (Å²) < 4.78 is 14.8. The van der Waals surface area contributed by atoms with Crippen LogP contribution in [0.4, 0.5) is 15.2 Å². The van der Waals surface area contributed by atoms with Gasteiger partial charge < -0.3 is 21.3 Å². The highest BCUT2D eigenvalue weighted by molar-refractivity contribution is 7.14. The van der Waals surface area contributed by atoms with Crippen LogP contribution in [0.2, 0.25) is 0 Å². The van der Waals surface area contributed by atoms with Crippen molar-refractivity contribution in [2.24, 2.45) is 5.41 Å². The molecule has 37 heavy (non-hydrogen) atoms. The molecule has 1 aromatic carbocycles. The van der Waals surface area contributed by atoms with Crippen LogP contribution in [0.1, 0.15) is 65.9 Å². The van der Waals surface area contributed by atoms with Crippen LogP contribution in [0.5, 0.6) is 0 Å². The molecule has 0 saturated carbocycles. The van der Waals surface area contributed by atoms with Crippen molar-refractivity contribution in [2.75, 3.05) is 10.6 Å². The van der Waals surface area contributed by atoms with Crippen molar-refractivity contribution in [3.8, 4) is 11.3 Å². The van der Waals surface area contributed by atoms with Crippen molar-refractivity contribution < 1.29 is 23.6 Å². The van der Waals surface area contributed by atoms with E-state index < -0.39 is 35.1 Å². The molecule has 0 saturated heterocycles. The lowest BCUT2D eigenvalue weighted by atomic mass is 9.95. The van der Waals surface area contributed by atoms with Crippen molar-refractivity contribution >= 4 is 45.8 Å². The lowest BCUT2D eigenvalue weighted by Crippen LogP contribution is -2.53. The van der Waals surface area contributed by atoms with E-state index in [0.29, 0.717) is 37.1 Å². The number of thiazole rings is 1. The zero-order valence-corrected chi connectivity index (χ0v) is 22.6. The fourth-order valence-electron chi connectivity index (χ4n) is 3.70. The SMILES string of the molecule is CCCCC(NC(=O)C(C)NC(=O)C(C)(C)C)C(=O)Nc1nc(-c2cc3c(cc2F)NC(=O)CC3)cs1. The fraction of sp³-hybridized carbons (Fsp3) is 0.500. The van der Waals surface area contributed by atoms with Crippen LogP contribution in [0.25, 0.3) is 11.3 Å². The maximum absolute atomic E-state index is 14.8. The van der Waals surface area contributed by atoms with Crippen molar-refractivity contribution in [1.82, 2.24) is 15.6 Å². The number of aryl methyl sites for hydroxylation is 1. The van der Waals surface area contributed by atoms with Crippen LogP contribution in [-0.4, -0.2) is 40.7 Å². The third kappa shape index (κ3) is 7.34. The van der Waals surface area contributed by atoms with Gasteiger partial charge in [0.1, 0.15) is 17.9 Å². The molecule has 2 heterocycles. The van der Waals surface area contributed by atoms with Crippen molar-refractivity contribution in [3.05, 3.63) is 28.9 Å². The number of benzene rings is 1. The van der Waals surface area contributed by atoms with Gasteiger partial charge in [0.2, 0.25) is 23.6 Å². The summed E-state index contributed by atoms with van der Waals surface area (Å²) in [5.74, 6) is -1.84. The maximum Gasteiger partial charge on any atom is 0.248 e. The molecule has 4 N–H and O–H groups in total. The van der Waals surface area contributed by atoms with E-state index >= 15 is 0 Å². The van der Waals surface area contributed by atoms with E-state index in [1.165, 1.54) is 6.07 Å². The average Bonchev–Trinajstić information content (AvgIpc) is 3.28. The number of aromatic nitrogens is 1. The largest absolute Gasteiger partial charge is 0.344 e. The van der Waals surface area contributed by atoms with Crippen LogP contribution in [-0.2, 0) is 25.6 Å². The van der Waals surface area contributed by atoms with Gasteiger partial charge in [-0.1, -0.05) is 40.5 Å². The zero-order chi connectivity index (χ0) is 27.3. The molecular weight excluding hydrogens is 497 g/mol. The number of unbranched alkanes of at least 4 members (excludes halogenated alkanes) is 1. The Morgan fingerprint density at radius 2 is 1.89 bits per heavy atom. The summed E-state index contributed by atoms with van der Waals surface area (Å²) in [7, 11) is 0. The molecule has 0 radical (unpaired) electrons. The summed E-state index contributed by atoms with van der Waals surface area (Å²) >= 11 is 1.15. The molecule has 2 unspecified atom stereocenters. The van der Waals surface area contributed by atoms with Gasteiger partial charge in [-0.2, -0.15) is 0 Å². The summed E-state index contributed by atoms with van der Waals surface area (Å²) in [5, 5.41) is 12.7. The first-order chi connectivity index (χ1) is 17.4. The number of hydrogen-bond acceptors (Lipinski definition) is 6. The first-order valence-electron chi connectivity index (χ1n) is 12.4. The quantitative estimate of drug-likeness (QED) is 0.389. The highest BCUT2D eigenvalue weighted by atomic mass is 32.1. The number of nitrogens with one attached hydrogen (secondary N) is 4. The molecule has 200 valence electrons. The van der Waals surface area contributed by atoms with Gasteiger partial charge in [0.25, 0.3) is 0 Å². The smallest absolute Gasteiger partial charge is 0.248 e. The maximum atomic E-state index is 14.8. The Balaban J connectivity index is 1.69. The molecule has 0 aliphatic carbocycles. The van der Waals surface area contributed by atoms with Crippen molar-refractivity contribution in [3.63, 3.8) is 0 Å². The molecule has 1 aliphatic rings. The predicted octanol–water partition coefficient (Wildman–Crippen LogP) is 4.00. The average molecular weight is 532 g/mol. The fourth-order valence-corrected chi connectivity index (χ4v) is 4.41. The van der Waals surface area contributed by atoms with E-state index in [4.69, 9.17) is 0 Å². The van der Waals surface area contributed by atoms with Crippen LogP contribution < -0.4 is 21.3 Å². The van der Waals surface area contributed by atoms with E-state index in [1.807, 2.05) is 6.92 Å². The third-order valence-electron chi connectivity index (χ3n) is 6.00. The van der Waals surface area contributed by atoms with Gasteiger partial charge in [-0.15, -0.1) is 11.3 Å². The summed E-state index contributed by atoms with van der Waals surface area (Å²) in [5.41, 5.74) is 1.28. The summed E-state index contributed by atoms with van der Waals surface area (Å²) in [6, 6.07) is 1.32. The second-order valence-corrected chi connectivity index (χ2v) is 11.1. The predicted molar refractivity (Wildman–Crippen MR) is 142 cm³/mol. The first-order valence-corrected chi connectivity index (χ1v) is 13.3. The zero-order valence-electron chi connectivity index (χ0n) is 21.8. The number of fused-ring (bicyclic) bond motifs is 1. The topological polar surface area (TPSA) is 129 Å². The molecule has 11 heteroatoms. The molecule has 0 spiro atoms. The molecule has 1 aliphatic heterocycles. The number of halogens is 1. The summed E-state index contributed by atoms with van der Waals surface area (Å²) in [6.45, 7) is 8.80. The molecule has 2 aromatic rings. The number of hydrogen-bond donors (Lipinski definition) is 4. The van der Waals surface area contributed by atoms with Gasteiger partial charge in [-0.05, 0) is 37.5 Å². The standard InChI is InChI=1S/C26H34FN5O4S/c1-6-7-8-18(30-22(34)14(2)28-24(36)26(3,4)5)23(35)32-25-31-20(13-37-25)16-11-15-9-10-21(33)29-19(15)12-17(16)27/h11-14,18H,6-10H2,1-5H3,(H,28,36)(H,29,33)(H,30,34)(H,31,32,35). The van der Waals surface area contributed by atoms with Crippen LogP contribution in [0, 0.1) is 11.2 Å². The second-order valence-electron chi connectivity index (χ2n) is 10.2. The number of rotatable bonds is 9. The van der Waals surface area contributed by atoms with E-state index in [0.717, 1.165) is 23.3 Å². The molecule has 1 aromatic heterocycles. The highest BCUT2D eigenvalue weighted by Crippen LogP contribution is 2.33. The lowest BCUT2D eigenvalue weighted by Gasteiger charge is -2.23. The van der Waals surface area contributed by atoms with Gasteiger partial charge in [-0.3, -0.25) is 19.2 Å². The molecule has 9 nitrogen and oxygen atoms in total. The molecule has 3 rings (SSSR count). The minimum absolute atomic E-state index is 0.144. The Morgan fingerprint density at radius 1 is 1.16 bits per heavy atom. The van der Waals surface area contributed by atoms with E-state index in [9.17, 15) is 23.6 Å². The van der Waals surface area contributed by atoms with Crippen molar-refractivity contribution in [2.45, 2.75) is 78.8 Å².